The first-order valence-electron chi connectivity index (χ1n) is 21.8. The van der Waals surface area contributed by atoms with Gasteiger partial charge in [-0.05, 0) is 125 Å². The molecule has 0 atom stereocenters. The van der Waals surface area contributed by atoms with Crippen molar-refractivity contribution in [2.75, 3.05) is 4.90 Å². The minimum absolute atomic E-state index is 0.0491. The van der Waals surface area contributed by atoms with E-state index in [2.05, 4.69) is 254 Å². The van der Waals surface area contributed by atoms with Crippen molar-refractivity contribution in [1.29, 1.82) is 0 Å². The topological polar surface area (TPSA) is 18.0 Å². The number of fused-ring (bicyclic) bond motifs is 8. The molecule has 8 aromatic carbocycles. The Morgan fingerprint density at radius 1 is 0.371 bits per heavy atom. The van der Waals surface area contributed by atoms with Gasteiger partial charge in [-0.3, -0.25) is 0 Å². The van der Waals surface area contributed by atoms with Gasteiger partial charge < -0.3 is 18.6 Å². The van der Waals surface area contributed by atoms with E-state index in [1.54, 1.807) is 0 Å². The van der Waals surface area contributed by atoms with E-state index in [-0.39, 0.29) is 10.8 Å². The summed E-state index contributed by atoms with van der Waals surface area (Å²) in [7, 11) is 0. The third kappa shape index (κ3) is 6.12. The molecule has 0 N–H and O–H groups in total. The summed E-state index contributed by atoms with van der Waals surface area (Å²) >= 11 is 0. The number of aromatic nitrogens is 3. The summed E-state index contributed by atoms with van der Waals surface area (Å²) in [5, 5.41) is 6.19. The first kappa shape index (κ1) is 37.7. The van der Waals surface area contributed by atoms with E-state index < -0.39 is 0 Å². The molecule has 302 valence electrons. The van der Waals surface area contributed by atoms with Crippen LogP contribution in [0.4, 0.5) is 17.1 Å². The van der Waals surface area contributed by atoms with Crippen molar-refractivity contribution >= 4 is 71.6 Å². The fraction of sp³-hybridized carbons (Fsp3) is 0.138. The Morgan fingerprint density at radius 3 is 1.50 bits per heavy atom. The Labute approximate surface area is 363 Å². The van der Waals surface area contributed by atoms with Crippen LogP contribution in [0.25, 0.3) is 71.6 Å². The van der Waals surface area contributed by atoms with Crippen molar-refractivity contribution < 1.29 is 0 Å². The number of hydrogen-bond donors (Lipinski definition) is 0. The lowest BCUT2D eigenvalue weighted by Crippen LogP contribution is -2.13. The minimum atomic E-state index is 0.0491. The Balaban J connectivity index is 1.07. The summed E-state index contributed by atoms with van der Waals surface area (Å²) in [6.07, 6.45) is 2.20. The molecule has 62 heavy (non-hydrogen) atoms. The van der Waals surface area contributed by atoms with Crippen LogP contribution in [0.2, 0.25) is 0 Å². The lowest BCUT2D eigenvalue weighted by atomic mass is 9.87. The summed E-state index contributed by atoms with van der Waals surface area (Å²) in [6, 6.07) is 69.4. The normalized spacial score (nSPS) is 12.4. The second-order valence-corrected chi connectivity index (χ2v) is 18.8. The summed E-state index contributed by atoms with van der Waals surface area (Å²) in [5.41, 5.74) is 15.5. The predicted molar refractivity (Wildman–Crippen MR) is 264 cm³/mol. The largest absolute Gasteiger partial charge is 0.316 e. The van der Waals surface area contributed by atoms with Crippen LogP contribution >= 0.6 is 0 Å². The molecule has 0 unspecified atom stereocenters. The first-order chi connectivity index (χ1) is 30.0. The fourth-order valence-corrected chi connectivity index (χ4v) is 9.56. The van der Waals surface area contributed by atoms with E-state index in [4.69, 9.17) is 0 Å². The zero-order valence-corrected chi connectivity index (χ0v) is 36.3. The average Bonchev–Trinajstić information content (AvgIpc) is 3.97. The molecular formula is C58H50N4. The van der Waals surface area contributed by atoms with Crippen molar-refractivity contribution in [2.24, 2.45) is 0 Å². The molecule has 4 heteroatoms. The zero-order valence-electron chi connectivity index (χ0n) is 36.3. The van der Waals surface area contributed by atoms with Gasteiger partial charge >= 0.3 is 0 Å². The molecule has 0 saturated heterocycles. The molecule has 0 bridgehead atoms. The lowest BCUT2D eigenvalue weighted by molar-refractivity contribution is 0.590. The molecule has 3 heterocycles. The van der Waals surface area contributed by atoms with E-state index >= 15 is 0 Å². The summed E-state index contributed by atoms with van der Waals surface area (Å²) in [6.45, 7) is 13.6. The minimum Gasteiger partial charge on any atom is -0.316 e. The van der Waals surface area contributed by atoms with Gasteiger partial charge in [0.05, 0.1) is 27.6 Å². The number of anilines is 3. The summed E-state index contributed by atoms with van der Waals surface area (Å²) in [4.78, 5) is 2.40. The van der Waals surface area contributed by atoms with Crippen LogP contribution in [0, 0.1) is 0 Å². The van der Waals surface area contributed by atoms with Crippen LogP contribution < -0.4 is 4.90 Å². The molecule has 0 radical (unpaired) electrons. The monoisotopic (exact) mass is 802 g/mol. The van der Waals surface area contributed by atoms with Gasteiger partial charge in [-0.2, -0.15) is 0 Å². The highest BCUT2D eigenvalue weighted by Crippen LogP contribution is 2.42. The second kappa shape index (κ2) is 14.1. The van der Waals surface area contributed by atoms with Crippen LogP contribution in [0.1, 0.15) is 52.7 Å². The number of para-hydroxylation sites is 3. The van der Waals surface area contributed by atoms with Crippen LogP contribution in [0.15, 0.2) is 194 Å². The van der Waals surface area contributed by atoms with E-state index in [0.29, 0.717) is 0 Å². The quantitative estimate of drug-likeness (QED) is 0.164. The highest BCUT2D eigenvalue weighted by atomic mass is 15.1. The predicted octanol–water partition coefficient (Wildman–Crippen LogP) is 15.9. The van der Waals surface area contributed by atoms with Crippen molar-refractivity contribution in [3.8, 4) is 17.1 Å². The maximum Gasteiger partial charge on any atom is 0.0628 e. The van der Waals surface area contributed by atoms with E-state index in [0.717, 1.165) is 28.4 Å². The number of rotatable bonds is 6. The Bertz CT molecular complexity index is 3440. The molecule has 11 rings (SSSR count). The molecule has 0 aliphatic heterocycles. The van der Waals surface area contributed by atoms with Gasteiger partial charge in [0, 0.05) is 67.3 Å². The zero-order chi connectivity index (χ0) is 42.3. The molecule has 0 aliphatic rings. The third-order valence-corrected chi connectivity index (χ3v) is 12.8. The smallest absolute Gasteiger partial charge is 0.0628 e. The number of nitrogens with zero attached hydrogens (tertiary/aromatic N) is 4. The van der Waals surface area contributed by atoms with Crippen LogP contribution in [-0.2, 0) is 10.8 Å². The number of hydrogen-bond acceptors (Lipinski definition) is 1. The van der Waals surface area contributed by atoms with Gasteiger partial charge in [-0.15, -0.1) is 0 Å². The van der Waals surface area contributed by atoms with Crippen LogP contribution in [0.5, 0.6) is 0 Å². The Kier molecular flexibility index (Phi) is 8.59. The molecular weight excluding hydrogens is 753 g/mol. The molecule has 0 spiro atoms. The fourth-order valence-electron chi connectivity index (χ4n) is 9.56. The van der Waals surface area contributed by atoms with Crippen LogP contribution in [0.3, 0.4) is 0 Å². The average molecular weight is 803 g/mol. The summed E-state index contributed by atoms with van der Waals surface area (Å²) in [5.74, 6) is 0. The Morgan fingerprint density at radius 2 is 0.855 bits per heavy atom. The van der Waals surface area contributed by atoms with Gasteiger partial charge in [0.2, 0.25) is 0 Å². The van der Waals surface area contributed by atoms with E-state index in [9.17, 15) is 0 Å². The van der Waals surface area contributed by atoms with Crippen LogP contribution in [-0.4, -0.2) is 13.7 Å². The maximum atomic E-state index is 2.42. The third-order valence-electron chi connectivity index (χ3n) is 12.8. The van der Waals surface area contributed by atoms with Gasteiger partial charge in [0.15, 0.2) is 0 Å². The molecule has 4 nitrogen and oxygen atoms in total. The second-order valence-electron chi connectivity index (χ2n) is 18.8. The lowest BCUT2D eigenvalue weighted by Gasteiger charge is -2.27. The molecule has 0 fully saturated rings. The highest BCUT2D eigenvalue weighted by molar-refractivity contribution is 6.21. The standard InChI is InChI=1S/C58H50N4/c1-57(2,3)40-21-25-43(26-22-40)60(47-33-35-53-50(38-47)48-16-10-12-18-51(48)61(53)45-27-23-41(24-28-45)58(4,5)6)44-29-31-46(32-30-44)62-52-19-13-11-17-49(52)55-54(62)34-20-39-36-37-59(56(39)55)42-14-8-7-9-15-42/h7-38H,1-6H3. The van der Waals surface area contributed by atoms with Gasteiger partial charge in [-0.1, -0.05) is 126 Å². The number of benzene rings is 8. The molecule has 11 aromatic rings. The van der Waals surface area contributed by atoms with E-state index in [1.807, 2.05) is 0 Å². The molecule has 0 aliphatic carbocycles. The molecule has 0 saturated carbocycles. The van der Waals surface area contributed by atoms with Crippen molar-refractivity contribution in [2.45, 2.75) is 52.4 Å². The Hall–Kier alpha value is -7.30. The van der Waals surface area contributed by atoms with Crippen molar-refractivity contribution in [3.05, 3.63) is 205 Å². The maximum absolute atomic E-state index is 2.42. The highest BCUT2D eigenvalue weighted by Gasteiger charge is 2.22. The van der Waals surface area contributed by atoms with E-state index in [1.165, 1.54) is 71.3 Å². The summed E-state index contributed by atoms with van der Waals surface area (Å²) < 4.78 is 7.17. The van der Waals surface area contributed by atoms with Gasteiger partial charge in [-0.25, -0.2) is 0 Å². The van der Waals surface area contributed by atoms with Crippen molar-refractivity contribution in [3.63, 3.8) is 0 Å². The van der Waals surface area contributed by atoms with Crippen molar-refractivity contribution in [1.82, 2.24) is 13.7 Å². The van der Waals surface area contributed by atoms with Gasteiger partial charge in [0.25, 0.3) is 0 Å². The SMILES string of the molecule is CC(C)(C)c1ccc(N(c2ccc(-n3c4ccccc4c4c5c(ccc43)ccn5-c3ccccc3)cc2)c2ccc3c(c2)c2ccccc2n3-c2ccc(C(C)(C)C)cc2)cc1. The first-order valence-corrected chi connectivity index (χ1v) is 21.8. The van der Waals surface area contributed by atoms with Gasteiger partial charge in [0.1, 0.15) is 0 Å². The molecule has 0 amide bonds. The molecule has 3 aromatic heterocycles.